The van der Waals surface area contributed by atoms with Crippen molar-refractivity contribution in [3.63, 3.8) is 0 Å². The van der Waals surface area contributed by atoms with Crippen LogP contribution in [-0.2, 0) is 8.52 Å². The molecule has 0 aliphatic heterocycles. The van der Waals surface area contributed by atoms with Crippen molar-refractivity contribution in [2.45, 2.75) is 8.42 Å². The molecule has 0 saturated carbocycles. The molecule has 12 heavy (non-hydrogen) atoms. The van der Waals surface area contributed by atoms with E-state index in [1.54, 1.807) is 0 Å². The van der Waals surface area contributed by atoms with Crippen LogP contribution in [0.1, 0.15) is 0 Å². The summed E-state index contributed by atoms with van der Waals surface area (Å²) in [6.45, 7) is 0. The van der Waals surface area contributed by atoms with Crippen molar-refractivity contribution in [3.05, 3.63) is 3.14 Å². The van der Waals surface area contributed by atoms with Gasteiger partial charge in [-0.15, -0.1) is 0 Å². The second-order valence-corrected chi connectivity index (χ2v) is 16.2. The van der Waals surface area contributed by atoms with Gasteiger partial charge in [-0.2, -0.15) is 0 Å². The Morgan fingerprint density at radius 1 is 1.25 bits per heavy atom. The molecular weight excluding hydrogens is 474 g/mol. The summed E-state index contributed by atoms with van der Waals surface area (Å²) in [5, 5.41) is 0. The first-order valence-electron chi connectivity index (χ1n) is 2.79. The molecule has 0 N–H and O–H groups in total. The summed E-state index contributed by atoms with van der Waals surface area (Å²) in [7, 11) is 2.05. The van der Waals surface area contributed by atoms with Crippen LogP contribution in [0.25, 0.3) is 0 Å². The van der Waals surface area contributed by atoms with Crippen LogP contribution < -0.4 is 15.8 Å². The molecule has 0 spiro atoms. The SMILES string of the molecule is CSc1sc(=[S+][I-]I)sc1SC. The first-order chi connectivity index (χ1) is 5.81. The van der Waals surface area contributed by atoms with E-state index in [2.05, 4.69) is 31.1 Å². The van der Waals surface area contributed by atoms with Crippen LogP contribution in [0.5, 0.6) is 0 Å². The number of hydrogen-bond acceptors (Lipinski definition) is 4. The molecule has 1 aromatic rings. The molecule has 0 aliphatic rings. The van der Waals surface area contributed by atoms with E-state index in [1.807, 2.05) is 54.7 Å². The van der Waals surface area contributed by atoms with Gasteiger partial charge in [0.05, 0.1) is 0 Å². The van der Waals surface area contributed by atoms with Gasteiger partial charge in [0.2, 0.25) is 0 Å². The van der Waals surface area contributed by atoms with E-state index >= 15 is 0 Å². The molecule has 0 aliphatic carbocycles. The monoisotopic (exact) mass is 480 g/mol. The molecule has 1 aromatic heterocycles. The van der Waals surface area contributed by atoms with Crippen molar-refractivity contribution in [1.82, 2.24) is 0 Å². The van der Waals surface area contributed by atoms with E-state index < -0.39 is 0 Å². The molecule has 0 bridgehead atoms. The zero-order valence-electron chi connectivity index (χ0n) is 6.30. The predicted molar refractivity (Wildman–Crippen MR) is 70.4 cm³/mol. The fourth-order valence-corrected chi connectivity index (χ4v) is 17.3. The molecule has 1 rings (SSSR count). The van der Waals surface area contributed by atoms with E-state index in [-0.39, 0.29) is 0 Å². The topological polar surface area (TPSA) is 0 Å². The van der Waals surface area contributed by atoms with Crippen LogP contribution in [0, 0.1) is 3.14 Å². The van der Waals surface area contributed by atoms with Crippen molar-refractivity contribution in [2.24, 2.45) is 0 Å². The van der Waals surface area contributed by atoms with E-state index in [1.165, 1.54) is 11.6 Å². The fraction of sp³-hybridized carbons (Fsp3) is 0.400. The van der Waals surface area contributed by atoms with Crippen LogP contribution in [0.3, 0.4) is 0 Å². The van der Waals surface area contributed by atoms with Crippen LogP contribution >= 0.6 is 64.8 Å². The summed E-state index contributed by atoms with van der Waals surface area (Å²) >= 11 is 10.5. The van der Waals surface area contributed by atoms with Gasteiger partial charge in [-0.1, -0.05) is 0 Å². The van der Waals surface area contributed by atoms with Gasteiger partial charge in [0.15, 0.2) is 0 Å². The molecular formula is C5H6I2S5. The Kier molecular flexibility index (Phi) is 7.11. The van der Waals surface area contributed by atoms with E-state index in [9.17, 15) is 0 Å². The molecule has 7 heteroatoms. The van der Waals surface area contributed by atoms with Crippen LogP contribution in [-0.4, -0.2) is 12.5 Å². The van der Waals surface area contributed by atoms with Gasteiger partial charge in [0.1, 0.15) is 0 Å². The Balaban J connectivity index is 3.05. The molecule has 0 radical (unpaired) electrons. The van der Waals surface area contributed by atoms with Crippen molar-refractivity contribution >= 4 is 73.3 Å². The Morgan fingerprint density at radius 3 is 2.08 bits per heavy atom. The van der Waals surface area contributed by atoms with Crippen LogP contribution in [0.15, 0.2) is 8.42 Å². The molecule has 0 aromatic carbocycles. The summed E-state index contributed by atoms with van der Waals surface area (Å²) in [6.07, 6.45) is 4.32. The average molecular weight is 480 g/mol. The Morgan fingerprint density at radius 2 is 1.75 bits per heavy atom. The Bertz CT molecular complexity index is 277. The van der Waals surface area contributed by atoms with Crippen molar-refractivity contribution < 1.29 is 15.8 Å². The van der Waals surface area contributed by atoms with Gasteiger partial charge in [0, 0.05) is 0 Å². The van der Waals surface area contributed by atoms with Crippen molar-refractivity contribution in [2.75, 3.05) is 12.5 Å². The number of thioether (sulfide) groups is 2. The standard InChI is InChI=1S/C5H6I2S5/c1-8-3-4(9-2)11-5(10-3)12-7-6/h1-2H3. The van der Waals surface area contributed by atoms with Crippen LogP contribution in [0.4, 0.5) is 0 Å². The average Bonchev–Trinajstić information content (AvgIpc) is 2.48. The summed E-state index contributed by atoms with van der Waals surface area (Å²) in [6, 6.07) is 0. The molecule has 0 atom stereocenters. The third-order valence-corrected chi connectivity index (χ3v) is 13.9. The summed E-state index contributed by atoms with van der Waals surface area (Å²) in [5.74, 6) is 0. The van der Waals surface area contributed by atoms with Crippen molar-refractivity contribution in [3.8, 4) is 0 Å². The van der Waals surface area contributed by atoms with Crippen LogP contribution in [0.2, 0.25) is 0 Å². The predicted octanol–water partition coefficient (Wildman–Crippen LogP) is 1.22. The van der Waals surface area contributed by atoms with Gasteiger partial charge in [-0.3, -0.25) is 0 Å². The molecule has 70 valence electrons. The van der Waals surface area contributed by atoms with Gasteiger partial charge >= 0.3 is 113 Å². The van der Waals surface area contributed by atoms with Gasteiger partial charge in [0.25, 0.3) is 0 Å². The quantitative estimate of drug-likeness (QED) is 0.277. The maximum absolute atomic E-state index is 2.51. The number of rotatable bonds is 3. The zero-order chi connectivity index (χ0) is 8.97. The van der Waals surface area contributed by atoms with Crippen molar-refractivity contribution in [1.29, 1.82) is 0 Å². The molecule has 0 saturated heterocycles. The van der Waals surface area contributed by atoms with E-state index in [0.717, 1.165) is 0 Å². The summed E-state index contributed by atoms with van der Waals surface area (Å²) in [5.41, 5.74) is 0. The molecule has 1 heterocycles. The fourth-order valence-electron chi connectivity index (χ4n) is 0.561. The molecule has 0 fully saturated rings. The molecule has 0 unspecified atom stereocenters. The molecule has 0 nitrogen and oxygen atoms in total. The minimum absolute atomic E-state index is 0.308. The Labute approximate surface area is 111 Å². The summed E-state index contributed by atoms with van der Waals surface area (Å²) < 4.78 is 4.51. The maximum atomic E-state index is 2.51. The second kappa shape index (κ2) is 6.83. The number of halogens is 2. The van der Waals surface area contributed by atoms with Gasteiger partial charge in [-0.05, 0) is 0 Å². The third kappa shape index (κ3) is 3.54. The summed E-state index contributed by atoms with van der Waals surface area (Å²) in [4.78, 5) is 0. The van der Waals surface area contributed by atoms with Gasteiger partial charge < -0.3 is 0 Å². The third-order valence-electron chi connectivity index (χ3n) is 0.982. The second-order valence-electron chi connectivity index (χ2n) is 1.57. The van der Waals surface area contributed by atoms with Gasteiger partial charge in [-0.25, -0.2) is 0 Å². The normalized spacial score (nSPS) is 10.6. The first kappa shape index (κ1) is 12.5. The minimum atomic E-state index is 0.308. The first-order valence-corrected chi connectivity index (χ1v) is 16.5. The van der Waals surface area contributed by atoms with E-state index in [4.69, 9.17) is 0 Å². The van der Waals surface area contributed by atoms with E-state index in [0.29, 0.717) is 15.8 Å². The number of hydrogen-bond donors (Lipinski definition) is 0. The Hall–Kier alpha value is 2.43. The molecule has 0 amide bonds. The zero-order valence-corrected chi connectivity index (χ0v) is 14.7.